The Morgan fingerprint density at radius 3 is 2.70 bits per heavy atom. The van der Waals surface area contributed by atoms with E-state index in [-0.39, 0.29) is 0 Å². The lowest BCUT2D eigenvalue weighted by molar-refractivity contribution is 0.295. The molecule has 0 amide bonds. The van der Waals surface area contributed by atoms with E-state index in [0.29, 0.717) is 0 Å². The summed E-state index contributed by atoms with van der Waals surface area (Å²) in [6.45, 7) is 0.457. The lowest BCUT2D eigenvalue weighted by Crippen LogP contribution is -2.07. The van der Waals surface area contributed by atoms with Crippen molar-refractivity contribution in [3.05, 3.63) is 35.1 Å². The molecular formula is C19H19F2N5S. The Bertz CT molecular complexity index is 1100. The summed E-state index contributed by atoms with van der Waals surface area (Å²) in [6.07, 6.45) is 9.73. The third kappa shape index (κ3) is 3.29. The van der Waals surface area contributed by atoms with Crippen LogP contribution in [0.2, 0.25) is 0 Å². The van der Waals surface area contributed by atoms with Crippen molar-refractivity contribution >= 4 is 32.6 Å². The number of aryl methyl sites for hydroxylation is 2. The molecule has 4 heterocycles. The number of fused-ring (bicyclic) bond motifs is 2. The van der Waals surface area contributed by atoms with E-state index in [1.165, 1.54) is 35.1 Å². The highest BCUT2D eigenvalue weighted by Crippen LogP contribution is 2.44. The summed E-state index contributed by atoms with van der Waals surface area (Å²) in [4.78, 5) is 16.4. The number of halogens is 2. The second kappa shape index (κ2) is 7.26. The molecule has 0 unspecified atom stereocenters. The zero-order valence-corrected chi connectivity index (χ0v) is 15.9. The molecule has 1 aliphatic rings. The molecule has 1 aliphatic carbocycles. The summed E-state index contributed by atoms with van der Waals surface area (Å²) >= 11 is 1.84. The molecular weight excluding hydrogens is 368 g/mol. The van der Waals surface area contributed by atoms with Crippen LogP contribution in [0.15, 0.2) is 24.7 Å². The number of nitrogens with zero attached hydrogens (tertiary/aromatic N) is 5. The molecule has 5 nitrogen and oxygen atoms in total. The van der Waals surface area contributed by atoms with E-state index in [2.05, 4.69) is 28.1 Å². The minimum Gasteiger partial charge on any atom is -0.273 e. The molecule has 1 fully saturated rings. The third-order valence-electron chi connectivity index (χ3n) is 4.94. The van der Waals surface area contributed by atoms with Crippen LogP contribution in [0, 0.1) is 6.92 Å². The summed E-state index contributed by atoms with van der Waals surface area (Å²) in [6, 6.07) is 2.06. The second-order valence-electron chi connectivity index (χ2n) is 6.67. The number of alkyl halides is 2. The first-order chi connectivity index (χ1) is 13.1. The molecule has 0 spiro atoms. The first kappa shape index (κ1) is 17.9. The van der Waals surface area contributed by atoms with E-state index in [4.69, 9.17) is 4.98 Å². The Kier molecular flexibility index (Phi) is 4.82. The van der Waals surface area contributed by atoms with Crippen molar-refractivity contribution in [3.8, 4) is 11.4 Å². The molecule has 0 saturated heterocycles. The van der Waals surface area contributed by atoms with Crippen molar-refractivity contribution in [1.29, 1.82) is 0 Å². The van der Waals surface area contributed by atoms with E-state index in [1.807, 2.05) is 37.0 Å². The van der Waals surface area contributed by atoms with Crippen molar-refractivity contribution in [3.63, 3.8) is 0 Å². The van der Waals surface area contributed by atoms with Crippen LogP contribution in [0.3, 0.4) is 0 Å². The van der Waals surface area contributed by atoms with Gasteiger partial charge in [0.2, 0.25) is 6.93 Å². The van der Waals surface area contributed by atoms with E-state index < -0.39 is 6.93 Å². The van der Waals surface area contributed by atoms with Crippen LogP contribution < -0.4 is 0 Å². The predicted octanol–water partition coefficient (Wildman–Crippen LogP) is 5.10. The topological polar surface area (TPSA) is 56.5 Å². The Morgan fingerprint density at radius 2 is 2.00 bits per heavy atom. The lowest BCUT2D eigenvalue weighted by atomic mass is 9.83. The van der Waals surface area contributed by atoms with Gasteiger partial charge in [0.25, 0.3) is 0 Å². The van der Waals surface area contributed by atoms with Gasteiger partial charge in [-0.2, -0.15) is 5.10 Å². The van der Waals surface area contributed by atoms with E-state index >= 15 is 0 Å². The van der Waals surface area contributed by atoms with Crippen LogP contribution in [0.1, 0.15) is 35.6 Å². The fourth-order valence-electron chi connectivity index (χ4n) is 3.37. The number of hydrogen-bond acceptors (Lipinski definition) is 5. The molecule has 5 rings (SSSR count). The zero-order chi connectivity index (χ0) is 19.0. The SMILES string of the molecule is Cc1c(C2CCC2)sc2nc(-c3cnc4nn(C)cc4c3)ncc12.FCF. The molecule has 0 aromatic carbocycles. The zero-order valence-electron chi connectivity index (χ0n) is 15.1. The Labute approximate surface area is 159 Å². The van der Waals surface area contributed by atoms with Gasteiger partial charge in [0.05, 0.1) is 0 Å². The summed E-state index contributed by atoms with van der Waals surface area (Å²) in [5, 5.41) is 6.52. The molecule has 0 bridgehead atoms. The molecule has 0 N–H and O–H groups in total. The fraction of sp³-hybridized carbons (Fsp3) is 0.368. The highest BCUT2D eigenvalue weighted by molar-refractivity contribution is 7.19. The second-order valence-corrected chi connectivity index (χ2v) is 7.70. The minimum atomic E-state index is -1.75. The van der Waals surface area contributed by atoms with Gasteiger partial charge in [-0.05, 0) is 37.3 Å². The molecule has 8 heteroatoms. The quantitative estimate of drug-likeness (QED) is 0.480. The maximum atomic E-state index is 9.62. The molecule has 4 aromatic heterocycles. The van der Waals surface area contributed by atoms with Crippen molar-refractivity contribution in [2.24, 2.45) is 7.05 Å². The number of rotatable bonds is 2. The number of thiophene rings is 1. The molecule has 0 aliphatic heterocycles. The van der Waals surface area contributed by atoms with E-state index in [1.54, 1.807) is 4.68 Å². The van der Waals surface area contributed by atoms with Crippen LogP contribution in [0.4, 0.5) is 8.78 Å². The van der Waals surface area contributed by atoms with Gasteiger partial charge >= 0.3 is 0 Å². The van der Waals surface area contributed by atoms with Gasteiger partial charge in [-0.15, -0.1) is 11.3 Å². The Morgan fingerprint density at radius 1 is 1.22 bits per heavy atom. The van der Waals surface area contributed by atoms with Gasteiger partial charge in [0.15, 0.2) is 11.5 Å². The number of pyridine rings is 1. The van der Waals surface area contributed by atoms with Gasteiger partial charge in [-0.25, -0.2) is 23.7 Å². The average Bonchev–Trinajstić information content (AvgIpc) is 3.13. The highest BCUT2D eigenvalue weighted by atomic mass is 32.1. The molecule has 140 valence electrons. The molecule has 4 aromatic rings. The van der Waals surface area contributed by atoms with Gasteiger partial charge in [-0.3, -0.25) is 4.68 Å². The largest absolute Gasteiger partial charge is 0.273 e. The smallest absolute Gasteiger partial charge is 0.229 e. The van der Waals surface area contributed by atoms with Crippen LogP contribution in [-0.4, -0.2) is 31.7 Å². The van der Waals surface area contributed by atoms with Gasteiger partial charge in [0.1, 0.15) is 4.83 Å². The summed E-state index contributed by atoms with van der Waals surface area (Å²) in [5.74, 6) is 1.48. The Hall–Kier alpha value is -2.48. The van der Waals surface area contributed by atoms with Crippen molar-refractivity contribution < 1.29 is 8.78 Å². The van der Waals surface area contributed by atoms with Crippen molar-refractivity contribution in [2.45, 2.75) is 32.1 Å². The third-order valence-corrected chi connectivity index (χ3v) is 6.31. The maximum absolute atomic E-state index is 9.62. The predicted molar refractivity (Wildman–Crippen MR) is 103 cm³/mol. The number of aromatic nitrogens is 5. The maximum Gasteiger partial charge on any atom is 0.229 e. The standard InChI is InChI=1S/C18H17N5S.CH2F2/c1-10-14-8-20-16(21-18(14)24-15(10)11-4-3-5-11)12-6-13-9-23(2)22-17(13)19-7-12;2-1-3/h6-9,11H,3-5H2,1-2H3;1H2. The van der Waals surface area contributed by atoms with Gasteiger partial charge < -0.3 is 0 Å². The summed E-state index contributed by atoms with van der Waals surface area (Å²) in [5.41, 5.74) is 3.06. The summed E-state index contributed by atoms with van der Waals surface area (Å²) in [7, 11) is 1.90. The first-order valence-corrected chi connectivity index (χ1v) is 9.60. The van der Waals surface area contributed by atoms with E-state index in [0.717, 1.165) is 33.2 Å². The highest BCUT2D eigenvalue weighted by Gasteiger charge is 2.24. The molecule has 0 radical (unpaired) electrons. The van der Waals surface area contributed by atoms with Gasteiger partial charge in [0, 0.05) is 46.9 Å². The van der Waals surface area contributed by atoms with E-state index in [9.17, 15) is 8.78 Å². The molecule has 1 saturated carbocycles. The van der Waals surface area contributed by atoms with Crippen molar-refractivity contribution in [2.75, 3.05) is 6.93 Å². The fourth-order valence-corrected chi connectivity index (χ4v) is 4.69. The van der Waals surface area contributed by atoms with Crippen LogP contribution in [0.5, 0.6) is 0 Å². The lowest BCUT2D eigenvalue weighted by Gasteiger charge is -2.24. The van der Waals surface area contributed by atoms with Crippen LogP contribution in [-0.2, 0) is 7.05 Å². The first-order valence-electron chi connectivity index (χ1n) is 8.78. The molecule has 0 atom stereocenters. The summed E-state index contributed by atoms with van der Waals surface area (Å²) < 4.78 is 21.0. The van der Waals surface area contributed by atoms with Crippen molar-refractivity contribution in [1.82, 2.24) is 24.7 Å². The minimum absolute atomic E-state index is 0.737. The molecule has 27 heavy (non-hydrogen) atoms. The average molecular weight is 387 g/mol. The van der Waals surface area contributed by atoms with Crippen LogP contribution >= 0.6 is 11.3 Å². The Balaban J connectivity index is 0.000000565. The monoisotopic (exact) mass is 387 g/mol. The van der Waals surface area contributed by atoms with Gasteiger partial charge in [-0.1, -0.05) is 6.42 Å². The normalized spacial score (nSPS) is 14.2. The number of hydrogen-bond donors (Lipinski definition) is 0. The van der Waals surface area contributed by atoms with Crippen LogP contribution in [0.25, 0.3) is 32.6 Å².